The molecule has 0 bridgehead atoms. The largest absolute Gasteiger partial charge is 0.484 e. The molecule has 1 amide bonds. The SMILES string of the molecule is CCNC(=NCc1cccc(OCC(N)=O)c1)N1CC(C)CC(C)C1.I. The van der Waals surface area contributed by atoms with Crippen LogP contribution in [0, 0.1) is 11.8 Å². The van der Waals surface area contributed by atoms with Crippen LogP contribution in [0.5, 0.6) is 5.75 Å². The minimum Gasteiger partial charge on any atom is -0.484 e. The molecule has 7 heteroatoms. The number of likely N-dealkylation sites (tertiary alicyclic amines) is 1. The number of piperidine rings is 1. The van der Waals surface area contributed by atoms with E-state index in [1.54, 1.807) is 0 Å². The third-order valence-electron chi connectivity index (χ3n) is 4.19. The van der Waals surface area contributed by atoms with E-state index in [1.165, 1.54) is 6.42 Å². The standard InChI is InChI=1S/C19H30N4O2.HI/c1-4-21-19(23-11-14(2)8-15(3)12-23)22-10-16-6-5-7-17(9-16)25-13-18(20)24;/h5-7,9,14-15H,4,8,10-13H2,1-3H3,(H2,20,24)(H,21,22);1H. The van der Waals surface area contributed by atoms with E-state index in [0.29, 0.717) is 24.1 Å². The maximum atomic E-state index is 10.8. The predicted molar refractivity (Wildman–Crippen MR) is 116 cm³/mol. The second-order valence-corrected chi connectivity index (χ2v) is 6.92. The number of benzene rings is 1. The molecule has 1 saturated heterocycles. The summed E-state index contributed by atoms with van der Waals surface area (Å²) in [7, 11) is 0. The molecule has 0 aromatic heterocycles. The first kappa shape index (κ1) is 22.5. The molecule has 0 spiro atoms. The van der Waals surface area contributed by atoms with Crippen molar-refractivity contribution in [3.8, 4) is 5.75 Å². The average molecular weight is 474 g/mol. The van der Waals surface area contributed by atoms with Gasteiger partial charge in [0.15, 0.2) is 12.6 Å². The van der Waals surface area contributed by atoms with Crippen LogP contribution in [-0.2, 0) is 11.3 Å². The fraction of sp³-hybridized carbons (Fsp3) is 0.579. The van der Waals surface area contributed by atoms with Gasteiger partial charge in [0.1, 0.15) is 5.75 Å². The molecule has 1 aliphatic rings. The number of nitrogens with one attached hydrogen (secondary N) is 1. The molecule has 0 aliphatic carbocycles. The van der Waals surface area contributed by atoms with E-state index in [9.17, 15) is 4.79 Å². The van der Waals surface area contributed by atoms with Gasteiger partial charge in [-0.3, -0.25) is 4.79 Å². The molecule has 146 valence electrons. The average Bonchev–Trinajstić information content (AvgIpc) is 2.56. The zero-order valence-corrected chi connectivity index (χ0v) is 18.2. The first-order valence-corrected chi connectivity index (χ1v) is 9.01. The van der Waals surface area contributed by atoms with Crippen LogP contribution in [0.25, 0.3) is 0 Å². The fourth-order valence-electron chi connectivity index (χ4n) is 3.32. The molecular formula is C19H31IN4O2. The molecule has 1 aromatic carbocycles. The van der Waals surface area contributed by atoms with Crippen LogP contribution in [-0.4, -0.2) is 43.0 Å². The summed E-state index contributed by atoms with van der Waals surface area (Å²) >= 11 is 0. The highest BCUT2D eigenvalue weighted by Gasteiger charge is 2.23. The van der Waals surface area contributed by atoms with E-state index in [4.69, 9.17) is 15.5 Å². The van der Waals surface area contributed by atoms with Crippen molar-refractivity contribution in [1.82, 2.24) is 10.2 Å². The van der Waals surface area contributed by atoms with Gasteiger partial charge in [-0.25, -0.2) is 4.99 Å². The van der Waals surface area contributed by atoms with Crippen LogP contribution in [0.4, 0.5) is 0 Å². The van der Waals surface area contributed by atoms with Crippen molar-refractivity contribution < 1.29 is 9.53 Å². The van der Waals surface area contributed by atoms with Crippen molar-refractivity contribution in [1.29, 1.82) is 0 Å². The number of ether oxygens (including phenoxy) is 1. The predicted octanol–water partition coefficient (Wildman–Crippen LogP) is 2.61. The van der Waals surface area contributed by atoms with Crippen molar-refractivity contribution in [3.63, 3.8) is 0 Å². The van der Waals surface area contributed by atoms with E-state index in [1.807, 2.05) is 24.3 Å². The minimum atomic E-state index is -0.480. The number of halogens is 1. The van der Waals surface area contributed by atoms with E-state index in [0.717, 1.165) is 31.2 Å². The molecule has 1 fully saturated rings. The lowest BCUT2D eigenvalue weighted by atomic mass is 9.92. The topological polar surface area (TPSA) is 80.0 Å². The van der Waals surface area contributed by atoms with Gasteiger partial charge >= 0.3 is 0 Å². The molecule has 1 aliphatic heterocycles. The summed E-state index contributed by atoms with van der Waals surface area (Å²) in [4.78, 5) is 18.0. The fourth-order valence-corrected chi connectivity index (χ4v) is 3.32. The summed E-state index contributed by atoms with van der Waals surface area (Å²) in [5.74, 6) is 2.48. The van der Waals surface area contributed by atoms with Gasteiger partial charge in [0.05, 0.1) is 6.54 Å². The maximum Gasteiger partial charge on any atom is 0.255 e. The Morgan fingerprint density at radius 2 is 2.04 bits per heavy atom. The number of carbonyl (C=O) groups excluding carboxylic acids is 1. The number of primary amides is 1. The Kier molecular flexibility index (Phi) is 9.75. The second-order valence-electron chi connectivity index (χ2n) is 6.92. The van der Waals surface area contributed by atoms with E-state index >= 15 is 0 Å². The Balaban J connectivity index is 0.00000338. The third-order valence-corrected chi connectivity index (χ3v) is 4.19. The number of nitrogens with two attached hydrogens (primary N) is 1. The van der Waals surface area contributed by atoms with Crippen molar-refractivity contribution in [3.05, 3.63) is 29.8 Å². The zero-order valence-electron chi connectivity index (χ0n) is 15.9. The molecular weight excluding hydrogens is 443 g/mol. The second kappa shape index (κ2) is 11.3. The highest BCUT2D eigenvalue weighted by Crippen LogP contribution is 2.21. The summed E-state index contributed by atoms with van der Waals surface area (Å²) in [5.41, 5.74) is 6.15. The van der Waals surface area contributed by atoms with Gasteiger partial charge in [-0.05, 0) is 42.9 Å². The van der Waals surface area contributed by atoms with Gasteiger partial charge in [-0.1, -0.05) is 26.0 Å². The molecule has 6 nitrogen and oxygen atoms in total. The molecule has 26 heavy (non-hydrogen) atoms. The Labute approximate surface area is 173 Å². The van der Waals surface area contributed by atoms with Gasteiger partial charge in [-0.2, -0.15) is 0 Å². The van der Waals surface area contributed by atoms with Crippen molar-refractivity contribution in [2.45, 2.75) is 33.7 Å². The number of nitrogens with zero attached hydrogens (tertiary/aromatic N) is 2. The lowest BCUT2D eigenvalue weighted by Crippen LogP contribution is -2.48. The van der Waals surface area contributed by atoms with Gasteiger partial charge in [-0.15, -0.1) is 24.0 Å². The highest BCUT2D eigenvalue weighted by atomic mass is 127. The number of aliphatic imine (C=N–C) groups is 1. The lowest BCUT2D eigenvalue weighted by Gasteiger charge is -2.37. The Bertz CT molecular complexity index is 599. The van der Waals surface area contributed by atoms with Crippen LogP contribution < -0.4 is 15.8 Å². The van der Waals surface area contributed by atoms with Gasteiger partial charge < -0.3 is 20.7 Å². The third kappa shape index (κ3) is 7.39. The number of guanidine groups is 1. The number of carbonyl (C=O) groups is 1. The Hall–Kier alpha value is -1.51. The van der Waals surface area contributed by atoms with E-state index in [-0.39, 0.29) is 30.6 Å². The minimum absolute atomic E-state index is 0. The highest BCUT2D eigenvalue weighted by molar-refractivity contribution is 14.0. The van der Waals surface area contributed by atoms with Crippen molar-refractivity contribution in [2.24, 2.45) is 22.6 Å². The van der Waals surface area contributed by atoms with Gasteiger partial charge in [0, 0.05) is 19.6 Å². The van der Waals surface area contributed by atoms with Crippen LogP contribution in [0.15, 0.2) is 29.3 Å². The van der Waals surface area contributed by atoms with Gasteiger partial charge in [0.25, 0.3) is 5.91 Å². The van der Waals surface area contributed by atoms with E-state index < -0.39 is 5.91 Å². The van der Waals surface area contributed by atoms with Gasteiger partial charge in [0.2, 0.25) is 0 Å². The Morgan fingerprint density at radius 1 is 1.35 bits per heavy atom. The molecule has 2 rings (SSSR count). The number of hydrogen-bond acceptors (Lipinski definition) is 3. The van der Waals surface area contributed by atoms with Crippen molar-refractivity contribution >= 4 is 35.8 Å². The molecule has 0 radical (unpaired) electrons. The Morgan fingerprint density at radius 3 is 2.65 bits per heavy atom. The molecule has 0 saturated carbocycles. The normalized spacial score (nSPS) is 20.3. The smallest absolute Gasteiger partial charge is 0.255 e. The molecule has 2 unspecified atom stereocenters. The van der Waals surface area contributed by atoms with Crippen LogP contribution in [0.2, 0.25) is 0 Å². The maximum absolute atomic E-state index is 10.8. The summed E-state index contributed by atoms with van der Waals surface area (Å²) in [6, 6.07) is 7.62. The summed E-state index contributed by atoms with van der Waals surface area (Å²) in [6.07, 6.45) is 1.27. The molecule has 1 heterocycles. The lowest BCUT2D eigenvalue weighted by molar-refractivity contribution is -0.119. The molecule has 1 aromatic rings. The van der Waals surface area contributed by atoms with E-state index in [2.05, 4.69) is 31.0 Å². The van der Waals surface area contributed by atoms with Crippen LogP contribution in [0.1, 0.15) is 32.8 Å². The first-order valence-electron chi connectivity index (χ1n) is 9.01. The van der Waals surface area contributed by atoms with Crippen LogP contribution in [0.3, 0.4) is 0 Å². The quantitative estimate of drug-likeness (QED) is 0.378. The number of amides is 1. The summed E-state index contributed by atoms with van der Waals surface area (Å²) in [5, 5.41) is 3.40. The van der Waals surface area contributed by atoms with Crippen LogP contribution >= 0.6 is 24.0 Å². The van der Waals surface area contributed by atoms with Crippen molar-refractivity contribution in [2.75, 3.05) is 26.2 Å². The number of hydrogen-bond donors (Lipinski definition) is 2. The molecule has 2 atom stereocenters. The number of rotatable bonds is 6. The molecule has 3 N–H and O–H groups in total. The summed E-state index contributed by atoms with van der Waals surface area (Å²) < 4.78 is 5.36. The monoisotopic (exact) mass is 474 g/mol. The summed E-state index contributed by atoms with van der Waals surface area (Å²) in [6.45, 7) is 10.1. The zero-order chi connectivity index (χ0) is 18.2. The first-order chi connectivity index (χ1) is 12.0.